The van der Waals surface area contributed by atoms with Gasteiger partial charge in [0, 0.05) is 0 Å². The molecule has 0 heterocycles. The molecule has 19 heteroatoms. The molecule has 13 nitrogen and oxygen atoms in total. The van der Waals surface area contributed by atoms with Gasteiger partial charge in [-0.25, -0.2) is 0 Å². The van der Waals surface area contributed by atoms with Gasteiger partial charge in [0.2, 0.25) is 0 Å². The van der Waals surface area contributed by atoms with Crippen LogP contribution in [0.25, 0.3) is 0 Å². The molecular formula is H14B4NaO13Sb. The van der Waals surface area contributed by atoms with Gasteiger partial charge >= 0.3 is 84.9 Å². The van der Waals surface area contributed by atoms with Crippen LogP contribution in [0.5, 0.6) is 0 Å². The third-order valence-electron chi connectivity index (χ3n) is 0. The Hall–Kier alpha value is 1.40. The van der Waals surface area contributed by atoms with Crippen LogP contribution in [0.4, 0.5) is 0 Å². The molecule has 0 spiro atoms. The standard InChI is InChI=1S/4BH3O3.Na.O.Sb.2H/c4*2-1(3)4;;;;;/h4*2-4H;;;;;/q;;;;+1;;;;-1. The van der Waals surface area contributed by atoms with Crippen LogP contribution in [0.15, 0.2) is 0 Å². The second-order valence-electron chi connectivity index (χ2n) is 1.39. The Kier molecular flexibility index (Phi) is 71.3. The van der Waals surface area contributed by atoms with Gasteiger partial charge in [0.25, 0.3) is 0 Å². The van der Waals surface area contributed by atoms with E-state index in [1.54, 1.807) is 0 Å². The van der Waals surface area contributed by atoms with E-state index in [4.69, 9.17) is 63.3 Å². The molecule has 0 saturated carbocycles. The zero-order valence-corrected chi connectivity index (χ0v) is 14.4. The van der Waals surface area contributed by atoms with E-state index in [-0.39, 0.29) is 31.0 Å². The van der Waals surface area contributed by atoms with Crippen LogP contribution in [0, 0.1) is 0 Å². The summed E-state index contributed by atoms with van der Waals surface area (Å²) in [4.78, 5) is 0. The van der Waals surface area contributed by atoms with Crippen LogP contribution in [0.1, 0.15) is 1.43 Å². The van der Waals surface area contributed by atoms with Crippen LogP contribution < -0.4 is 29.6 Å². The van der Waals surface area contributed by atoms with E-state index in [9.17, 15) is 0 Å². The summed E-state index contributed by atoms with van der Waals surface area (Å²) in [5.41, 5.74) is 0. The fourth-order valence-corrected chi connectivity index (χ4v) is 0. The molecule has 0 aliphatic carbocycles. The maximum absolute atomic E-state index is 8.34. The molecule has 19 heavy (non-hydrogen) atoms. The zero-order chi connectivity index (χ0) is 16.3. The third-order valence-corrected chi connectivity index (χ3v) is 0. The molecule has 0 rings (SSSR count). The fraction of sp³-hybridized carbons (Fsp3) is 0. The van der Waals surface area contributed by atoms with E-state index < -0.39 is 29.3 Å². The first kappa shape index (κ1) is 37.0. The molecule has 0 aliphatic heterocycles. The number of hydrogen-bond acceptors (Lipinski definition) is 13. The maximum atomic E-state index is 8.34. The van der Waals surface area contributed by atoms with E-state index in [2.05, 4.69) is 0 Å². The first-order chi connectivity index (χ1) is 7.93. The topological polar surface area (TPSA) is 260 Å². The Balaban J connectivity index is -0.0000000209. The average molecular weight is 410 g/mol. The van der Waals surface area contributed by atoms with E-state index in [1.807, 2.05) is 0 Å². The van der Waals surface area contributed by atoms with Crippen molar-refractivity contribution in [3.05, 3.63) is 0 Å². The summed E-state index contributed by atoms with van der Waals surface area (Å²) < 4.78 is 8.34. The molecule has 0 aromatic heterocycles. The van der Waals surface area contributed by atoms with Gasteiger partial charge in [0.15, 0.2) is 0 Å². The summed E-state index contributed by atoms with van der Waals surface area (Å²) in [7, 11) is -8.67. The van der Waals surface area contributed by atoms with Crippen molar-refractivity contribution < 1.29 is 94.3 Å². The molecule has 110 valence electrons. The van der Waals surface area contributed by atoms with Crippen molar-refractivity contribution in [1.82, 2.24) is 0 Å². The summed E-state index contributed by atoms with van der Waals surface area (Å²) in [5, 5.41) is 86.0. The molecule has 0 aromatic rings. The van der Waals surface area contributed by atoms with Crippen molar-refractivity contribution in [2.24, 2.45) is 0 Å². The van der Waals surface area contributed by atoms with Gasteiger partial charge in [-0.05, 0) is 0 Å². The summed E-state index contributed by atoms with van der Waals surface area (Å²) >= 11 is 0.300. The SMILES string of the molecule is OB(O)O.OB(O)O.OB(O)O.OB(O)O.[H-].[Na+].[O]=[SbH]. The summed E-state index contributed by atoms with van der Waals surface area (Å²) in [5.74, 6) is 0. The molecular weight excluding hydrogens is 396 g/mol. The summed E-state index contributed by atoms with van der Waals surface area (Å²) in [6.07, 6.45) is 0. The van der Waals surface area contributed by atoms with Crippen LogP contribution in [0.3, 0.4) is 0 Å². The van der Waals surface area contributed by atoms with Gasteiger partial charge in [-0.3, -0.25) is 0 Å². The summed E-state index contributed by atoms with van der Waals surface area (Å²) in [6, 6.07) is 0. The molecule has 0 radical (unpaired) electrons. The second-order valence-corrected chi connectivity index (χ2v) is 1.39. The number of rotatable bonds is 0. The molecule has 0 aliphatic rings. The molecule has 0 unspecified atom stereocenters. The molecule has 0 amide bonds. The van der Waals surface area contributed by atoms with Gasteiger partial charge in [-0.1, -0.05) is 0 Å². The Morgan fingerprint density at radius 1 is 0.474 bits per heavy atom. The fourth-order valence-electron chi connectivity index (χ4n) is 0. The Bertz CT molecular complexity index is 83.5. The van der Waals surface area contributed by atoms with E-state index in [0.29, 0.717) is 23.0 Å². The minimum absolute atomic E-state index is 0. The van der Waals surface area contributed by atoms with Gasteiger partial charge < -0.3 is 61.7 Å². The van der Waals surface area contributed by atoms with Crippen molar-refractivity contribution in [3.63, 3.8) is 0 Å². The Labute approximate surface area is 146 Å². The predicted molar refractivity (Wildman–Crippen MR) is 58.6 cm³/mol. The van der Waals surface area contributed by atoms with E-state index >= 15 is 0 Å². The third kappa shape index (κ3) is 3000. The van der Waals surface area contributed by atoms with Crippen molar-refractivity contribution in [1.29, 1.82) is 0 Å². The van der Waals surface area contributed by atoms with E-state index in [1.165, 1.54) is 0 Å². The summed E-state index contributed by atoms with van der Waals surface area (Å²) in [6.45, 7) is 0. The monoisotopic (exact) mass is 410 g/mol. The first-order valence-corrected chi connectivity index (χ1v) is 4.47. The van der Waals surface area contributed by atoms with E-state index in [0.717, 1.165) is 0 Å². The molecule has 0 saturated heterocycles. The number of hydrogen-bond donors (Lipinski definition) is 12. The molecule has 0 bridgehead atoms. The Morgan fingerprint density at radius 2 is 0.474 bits per heavy atom. The Morgan fingerprint density at radius 3 is 0.474 bits per heavy atom. The van der Waals surface area contributed by atoms with Crippen LogP contribution in [0.2, 0.25) is 0 Å². The van der Waals surface area contributed by atoms with Gasteiger partial charge in [-0.2, -0.15) is 0 Å². The molecule has 12 N–H and O–H groups in total. The van der Waals surface area contributed by atoms with Crippen molar-refractivity contribution in [2.45, 2.75) is 0 Å². The van der Waals surface area contributed by atoms with Crippen molar-refractivity contribution >= 4 is 52.3 Å². The average Bonchev–Trinajstić information content (AvgIpc) is 2.01. The normalized spacial score (nSPS) is 5.89. The quantitative estimate of drug-likeness (QED) is 0.166. The van der Waals surface area contributed by atoms with Crippen LogP contribution >= 0.6 is 0 Å². The zero-order valence-electron chi connectivity index (χ0n) is 10.6. The second kappa shape index (κ2) is 36.6. The van der Waals surface area contributed by atoms with Crippen LogP contribution in [-0.4, -0.2) is 113 Å². The van der Waals surface area contributed by atoms with Gasteiger partial charge in [0.1, 0.15) is 0 Å². The van der Waals surface area contributed by atoms with Gasteiger partial charge in [-0.15, -0.1) is 0 Å². The van der Waals surface area contributed by atoms with Crippen molar-refractivity contribution in [2.75, 3.05) is 0 Å². The predicted octanol–water partition coefficient (Wildman–Crippen LogP) is -11.9. The minimum atomic E-state index is -2.17. The first-order valence-electron chi connectivity index (χ1n) is 3.30. The van der Waals surface area contributed by atoms with Crippen LogP contribution in [-0.2, 0) is 3.02 Å². The molecule has 0 aromatic carbocycles. The molecule has 0 fully saturated rings. The van der Waals surface area contributed by atoms with Gasteiger partial charge in [0.05, 0.1) is 0 Å². The van der Waals surface area contributed by atoms with Crippen molar-refractivity contribution in [3.8, 4) is 0 Å². The molecule has 0 atom stereocenters.